The van der Waals surface area contributed by atoms with Crippen LogP contribution in [0.5, 0.6) is 0 Å². The van der Waals surface area contributed by atoms with Crippen molar-refractivity contribution >= 4 is 0 Å². The Balaban J connectivity index is 2.58. The second-order valence-electron chi connectivity index (χ2n) is 3.38. The van der Waals surface area contributed by atoms with E-state index in [0.717, 1.165) is 6.07 Å². The van der Waals surface area contributed by atoms with Gasteiger partial charge in [-0.1, -0.05) is 12.1 Å². The quantitative estimate of drug-likeness (QED) is 0.839. The molecule has 1 unspecified atom stereocenters. The van der Waals surface area contributed by atoms with Crippen molar-refractivity contribution in [1.82, 2.24) is 0 Å². The van der Waals surface area contributed by atoms with Gasteiger partial charge in [0, 0.05) is 5.56 Å². The minimum absolute atomic E-state index is 0.216. The summed E-state index contributed by atoms with van der Waals surface area (Å²) in [5.74, 6) is -2.27. The fourth-order valence-corrected chi connectivity index (χ4v) is 1.20. The van der Waals surface area contributed by atoms with Crippen LogP contribution < -0.4 is 5.73 Å². The molecule has 17 heavy (non-hydrogen) atoms. The van der Waals surface area contributed by atoms with Crippen LogP contribution >= 0.6 is 0 Å². The Bertz CT molecular complexity index is 379. The van der Waals surface area contributed by atoms with Crippen molar-refractivity contribution < 1.29 is 26.7 Å². The van der Waals surface area contributed by atoms with Gasteiger partial charge in [0.25, 0.3) is 0 Å². The third kappa shape index (κ3) is 4.27. The molecule has 0 spiro atoms. The van der Waals surface area contributed by atoms with Gasteiger partial charge in [-0.15, -0.1) is 0 Å². The number of hydrogen-bond acceptors (Lipinski definition) is 2. The van der Waals surface area contributed by atoms with Crippen molar-refractivity contribution in [3.05, 3.63) is 35.4 Å². The van der Waals surface area contributed by atoms with E-state index >= 15 is 0 Å². The predicted molar refractivity (Wildman–Crippen MR) is 50.2 cm³/mol. The molecule has 0 aliphatic carbocycles. The number of ether oxygens (including phenoxy) is 1. The molecule has 96 valence electrons. The molecule has 0 aliphatic heterocycles. The van der Waals surface area contributed by atoms with Gasteiger partial charge in [0.2, 0.25) is 0 Å². The summed E-state index contributed by atoms with van der Waals surface area (Å²) in [5.41, 5.74) is 5.18. The van der Waals surface area contributed by atoms with Gasteiger partial charge in [-0.3, -0.25) is 0 Å². The number of alkyl halides is 3. The van der Waals surface area contributed by atoms with E-state index in [9.17, 15) is 22.0 Å². The van der Waals surface area contributed by atoms with Crippen LogP contribution in [-0.2, 0) is 4.74 Å². The Labute approximate surface area is 94.2 Å². The lowest BCUT2D eigenvalue weighted by Crippen LogP contribution is -2.24. The van der Waals surface area contributed by atoms with Gasteiger partial charge >= 0.3 is 6.18 Å². The van der Waals surface area contributed by atoms with Crippen molar-refractivity contribution in [3.63, 3.8) is 0 Å². The summed E-state index contributed by atoms with van der Waals surface area (Å²) in [6.07, 6.45) is -4.47. The van der Waals surface area contributed by atoms with Gasteiger partial charge in [0.05, 0.1) is 12.6 Å². The van der Waals surface area contributed by atoms with Crippen LogP contribution in [0, 0.1) is 11.6 Å². The first-order valence-corrected chi connectivity index (χ1v) is 4.65. The highest BCUT2D eigenvalue weighted by atomic mass is 19.4. The zero-order valence-corrected chi connectivity index (χ0v) is 8.60. The van der Waals surface area contributed by atoms with Crippen LogP contribution in [0.1, 0.15) is 11.6 Å². The Morgan fingerprint density at radius 2 is 1.88 bits per heavy atom. The molecule has 0 fully saturated rings. The molecule has 0 bridgehead atoms. The normalized spacial score (nSPS) is 13.8. The van der Waals surface area contributed by atoms with Gasteiger partial charge in [-0.05, 0) is 6.07 Å². The lowest BCUT2D eigenvalue weighted by atomic mass is 10.1. The van der Waals surface area contributed by atoms with E-state index in [1.807, 2.05) is 0 Å². The van der Waals surface area contributed by atoms with E-state index in [2.05, 4.69) is 4.74 Å². The van der Waals surface area contributed by atoms with Crippen LogP contribution in [0.3, 0.4) is 0 Å². The fraction of sp³-hybridized carbons (Fsp3) is 0.400. The standard InChI is InChI=1S/C10H10F5NO/c11-7-3-1-2-6(9(7)12)8(16)4-17-5-10(13,14)15/h1-3,8H,4-5,16H2. The van der Waals surface area contributed by atoms with Gasteiger partial charge in [0.1, 0.15) is 6.61 Å². The molecule has 0 amide bonds. The maximum Gasteiger partial charge on any atom is 0.411 e. The van der Waals surface area contributed by atoms with E-state index < -0.39 is 37.1 Å². The molecule has 1 rings (SSSR count). The SMILES string of the molecule is NC(COCC(F)(F)F)c1cccc(F)c1F. The minimum atomic E-state index is -4.47. The topological polar surface area (TPSA) is 35.2 Å². The Morgan fingerprint density at radius 1 is 1.24 bits per heavy atom. The number of hydrogen-bond donors (Lipinski definition) is 1. The number of rotatable bonds is 4. The van der Waals surface area contributed by atoms with Gasteiger partial charge < -0.3 is 10.5 Å². The first-order chi connectivity index (χ1) is 7.81. The summed E-state index contributed by atoms with van der Waals surface area (Å²) in [7, 11) is 0. The van der Waals surface area contributed by atoms with E-state index in [1.165, 1.54) is 12.1 Å². The summed E-state index contributed by atoms with van der Waals surface area (Å²) >= 11 is 0. The van der Waals surface area contributed by atoms with Crippen LogP contribution in [0.4, 0.5) is 22.0 Å². The number of benzene rings is 1. The van der Waals surface area contributed by atoms with Crippen LogP contribution in [0.15, 0.2) is 18.2 Å². The molecular formula is C10H10F5NO. The summed E-state index contributed by atoms with van der Waals surface area (Å²) in [5, 5.41) is 0. The summed E-state index contributed by atoms with van der Waals surface area (Å²) in [6.45, 7) is -2.02. The van der Waals surface area contributed by atoms with Gasteiger partial charge in [0.15, 0.2) is 11.6 Å². The highest BCUT2D eigenvalue weighted by molar-refractivity contribution is 5.22. The van der Waals surface area contributed by atoms with Crippen molar-refractivity contribution in [2.75, 3.05) is 13.2 Å². The van der Waals surface area contributed by atoms with Crippen LogP contribution in [0.2, 0.25) is 0 Å². The Morgan fingerprint density at radius 3 is 2.47 bits per heavy atom. The highest BCUT2D eigenvalue weighted by Gasteiger charge is 2.28. The molecule has 2 N–H and O–H groups in total. The Kier molecular flexibility index (Phi) is 4.41. The molecule has 1 aromatic rings. The predicted octanol–water partition coefficient (Wildman–Crippen LogP) is 2.54. The Hall–Kier alpha value is -1.21. The van der Waals surface area contributed by atoms with E-state index in [1.54, 1.807) is 0 Å². The molecular weight excluding hydrogens is 245 g/mol. The lowest BCUT2D eigenvalue weighted by Gasteiger charge is -2.14. The van der Waals surface area contributed by atoms with Gasteiger partial charge in [-0.25, -0.2) is 8.78 Å². The third-order valence-electron chi connectivity index (χ3n) is 1.94. The molecule has 0 saturated carbocycles. The smallest absolute Gasteiger partial charge is 0.370 e. The van der Waals surface area contributed by atoms with E-state index in [0.29, 0.717) is 0 Å². The van der Waals surface area contributed by atoms with Crippen molar-refractivity contribution in [3.8, 4) is 0 Å². The first kappa shape index (κ1) is 13.9. The second kappa shape index (κ2) is 5.42. The third-order valence-corrected chi connectivity index (χ3v) is 1.94. The lowest BCUT2D eigenvalue weighted by molar-refractivity contribution is -0.174. The van der Waals surface area contributed by atoms with Crippen molar-refractivity contribution in [2.24, 2.45) is 5.73 Å². The first-order valence-electron chi connectivity index (χ1n) is 4.65. The maximum atomic E-state index is 13.2. The molecule has 0 heterocycles. The summed E-state index contributed by atoms with van der Waals surface area (Å²) in [4.78, 5) is 0. The van der Waals surface area contributed by atoms with Crippen LogP contribution in [-0.4, -0.2) is 19.4 Å². The maximum absolute atomic E-state index is 13.2. The average molecular weight is 255 g/mol. The van der Waals surface area contributed by atoms with Crippen molar-refractivity contribution in [1.29, 1.82) is 0 Å². The zero-order chi connectivity index (χ0) is 13.1. The minimum Gasteiger partial charge on any atom is -0.370 e. The number of nitrogens with two attached hydrogens (primary N) is 1. The molecule has 7 heteroatoms. The molecule has 2 nitrogen and oxygen atoms in total. The van der Waals surface area contributed by atoms with E-state index in [-0.39, 0.29) is 5.56 Å². The monoisotopic (exact) mass is 255 g/mol. The van der Waals surface area contributed by atoms with Crippen molar-refractivity contribution in [2.45, 2.75) is 12.2 Å². The molecule has 1 atom stereocenters. The average Bonchev–Trinajstić information content (AvgIpc) is 2.20. The molecule has 0 radical (unpaired) electrons. The second-order valence-corrected chi connectivity index (χ2v) is 3.38. The highest BCUT2D eigenvalue weighted by Crippen LogP contribution is 2.19. The number of halogens is 5. The van der Waals surface area contributed by atoms with E-state index in [4.69, 9.17) is 5.73 Å². The summed E-state index contributed by atoms with van der Waals surface area (Å²) < 4.78 is 65.5. The van der Waals surface area contributed by atoms with Gasteiger partial charge in [-0.2, -0.15) is 13.2 Å². The molecule has 1 aromatic carbocycles. The molecule has 0 aromatic heterocycles. The molecule has 0 saturated heterocycles. The summed E-state index contributed by atoms with van der Waals surface area (Å²) in [6, 6.07) is 2.16. The van der Waals surface area contributed by atoms with Crippen LogP contribution in [0.25, 0.3) is 0 Å². The zero-order valence-electron chi connectivity index (χ0n) is 8.60. The molecule has 0 aliphatic rings. The largest absolute Gasteiger partial charge is 0.411 e. The fourth-order valence-electron chi connectivity index (χ4n) is 1.20.